The van der Waals surface area contributed by atoms with Crippen molar-refractivity contribution < 1.29 is 19.0 Å². The molecule has 0 N–H and O–H groups in total. The summed E-state index contributed by atoms with van der Waals surface area (Å²) in [6.07, 6.45) is 1.09. The van der Waals surface area contributed by atoms with Gasteiger partial charge in [0, 0.05) is 38.3 Å². The van der Waals surface area contributed by atoms with Gasteiger partial charge in [-0.25, -0.2) is 0 Å². The molecule has 156 valence electrons. The highest BCUT2D eigenvalue weighted by atomic mass is 16.5. The zero-order chi connectivity index (χ0) is 20.8. The van der Waals surface area contributed by atoms with Crippen LogP contribution in [0.2, 0.25) is 0 Å². The fourth-order valence-electron chi connectivity index (χ4n) is 3.80. The molecule has 1 heterocycles. The van der Waals surface area contributed by atoms with Crippen LogP contribution >= 0.6 is 0 Å². The molecule has 6 heteroatoms. The molecule has 2 aromatic rings. The van der Waals surface area contributed by atoms with Crippen LogP contribution in [-0.4, -0.2) is 58.3 Å². The Labute approximate surface area is 173 Å². The van der Waals surface area contributed by atoms with E-state index in [1.807, 2.05) is 17.0 Å². The van der Waals surface area contributed by atoms with E-state index in [4.69, 9.17) is 14.2 Å². The number of ether oxygens (including phenoxy) is 3. The Hall–Kier alpha value is -2.89. The summed E-state index contributed by atoms with van der Waals surface area (Å²) in [7, 11) is 4.78. The molecule has 0 saturated carbocycles. The second-order valence-electron chi connectivity index (χ2n) is 7.19. The van der Waals surface area contributed by atoms with E-state index in [1.54, 1.807) is 21.3 Å². The first kappa shape index (κ1) is 20.8. The number of aryl methyl sites for hydroxylation is 2. The summed E-state index contributed by atoms with van der Waals surface area (Å²) in [4.78, 5) is 17.1. The van der Waals surface area contributed by atoms with Crippen molar-refractivity contribution in [2.24, 2.45) is 0 Å². The lowest BCUT2D eigenvalue weighted by Gasteiger charge is -2.37. The average molecular weight is 399 g/mol. The van der Waals surface area contributed by atoms with E-state index in [2.05, 4.69) is 36.1 Å². The van der Waals surface area contributed by atoms with Crippen molar-refractivity contribution in [3.8, 4) is 17.2 Å². The first-order valence-electron chi connectivity index (χ1n) is 9.94. The number of benzene rings is 2. The summed E-state index contributed by atoms with van der Waals surface area (Å²) in [5.74, 6) is 1.97. The van der Waals surface area contributed by atoms with Crippen LogP contribution in [0.3, 0.4) is 0 Å². The molecule has 0 spiro atoms. The zero-order valence-corrected chi connectivity index (χ0v) is 17.7. The van der Waals surface area contributed by atoms with Crippen molar-refractivity contribution in [3.63, 3.8) is 0 Å². The molecule has 1 amide bonds. The van der Waals surface area contributed by atoms with E-state index in [-0.39, 0.29) is 5.91 Å². The van der Waals surface area contributed by atoms with Gasteiger partial charge in [0.05, 0.1) is 21.3 Å². The topological polar surface area (TPSA) is 51.2 Å². The number of hydrogen-bond acceptors (Lipinski definition) is 5. The van der Waals surface area contributed by atoms with Gasteiger partial charge in [-0.15, -0.1) is 0 Å². The van der Waals surface area contributed by atoms with Gasteiger partial charge in [0.25, 0.3) is 0 Å². The molecule has 6 nitrogen and oxygen atoms in total. The lowest BCUT2D eigenvalue weighted by Crippen LogP contribution is -2.49. The number of piperazine rings is 1. The normalized spacial score (nSPS) is 13.9. The first-order valence-corrected chi connectivity index (χ1v) is 9.94. The van der Waals surface area contributed by atoms with Gasteiger partial charge >= 0.3 is 0 Å². The largest absolute Gasteiger partial charge is 0.493 e. The first-order chi connectivity index (χ1) is 14.1. The van der Waals surface area contributed by atoms with Gasteiger partial charge in [0.15, 0.2) is 11.5 Å². The van der Waals surface area contributed by atoms with Gasteiger partial charge in [-0.1, -0.05) is 18.2 Å². The van der Waals surface area contributed by atoms with Crippen LogP contribution in [0.25, 0.3) is 0 Å². The van der Waals surface area contributed by atoms with Crippen LogP contribution in [0.1, 0.15) is 17.5 Å². The Morgan fingerprint density at radius 2 is 1.55 bits per heavy atom. The van der Waals surface area contributed by atoms with Crippen molar-refractivity contribution in [2.75, 3.05) is 52.4 Å². The maximum Gasteiger partial charge on any atom is 0.223 e. The highest BCUT2D eigenvalue weighted by Gasteiger charge is 2.22. The Balaban J connectivity index is 1.57. The summed E-state index contributed by atoms with van der Waals surface area (Å²) >= 11 is 0. The molecule has 0 atom stereocenters. The Kier molecular flexibility index (Phi) is 6.86. The monoisotopic (exact) mass is 398 g/mol. The Bertz CT molecular complexity index is 820. The number of carbonyl (C=O) groups excluding carboxylic acids is 1. The smallest absolute Gasteiger partial charge is 0.223 e. The van der Waals surface area contributed by atoms with Crippen LogP contribution in [0.5, 0.6) is 17.2 Å². The molecule has 0 aliphatic carbocycles. The fraction of sp³-hybridized carbons (Fsp3) is 0.435. The van der Waals surface area contributed by atoms with Crippen LogP contribution in [0, 0.1) is 6.92 Å². The molecule has 0 aromatic heterocycles. The van der Waals surface area contributed by atoms with E-state index in [0.29, 0.717) is 30.1 Å². The molecule has 0 unspecified atom stereocenters. The van der Waals surface area contributed by atoms with Crippen molar-refractivity contribution >= 4 is 11.6 Å². The van der Waals surface area contributed by atoms with Gasteiger partial charge in [-0.2, -0.15) is 0 Å². The second-order valence-corrected chi connectivity index (χ2v) is 7.19. The van der Waals surface area contributed by atoms with Gasteiger partial charge < -0.3 is 24.0 Å². The number of nitrogens with zero attached hydrogens (tertiary/aromatic N) is 2. The van der Waals surface area contributed by atoms with Crippen LogP contribution < -0.4 is 19.1 Å². The lowest BCUT2D eigenvalue weighted by atomic mass is 10.1. The van der Waals surface area contributed by atoms with E-state index in [1.165, 1.54) is 11.3 Å². The third kappa shape index (κ3) is 4.75. The van der Waals surface area contributed by atoms with Gasteiger partial charge in [0.2, 0.25) is 11.7 Å². The molecule has 1 aliphatic rings. The SMILES string of the molecule is COc1cc(CCC(=O)N2CCN(c3ccccc3C)CC2)cc(OC)c1OC. The molecule has 1 saturated heterocycles. The summed E-state index contributed by atoms with van der Waals surface area (Å²) in [5, 5.41) is 0. The van der Waals surface area contributed by atoms with E-state index >= 15 is 0 Å². The number of amides is 1. The minimum absolute atomic E-state index is 0.184. The van der Waals surface area contributed by atoms with Gasteiger partial charge in [-0.3, -0.25) is 4.79 Å². The molecule has 0 bridgehead atoms. The predicted octanol–water partition coefficient (Wildman–Crippen LogP) is 3.30. The van der Waals surface area contributed by atoms with Gasteiger partial charge in [-0.05, 0) is 42.7 Å². The zero-order valence-electron chi connectivity index (χ0n) is 17.7. The number of hydrogen-bond donors (Lipinski definition) is 0. The molecule has 29 heavy (non-hydrogen) atoms. The molecule has 2 aromatic carbocycles. The van der Waals surface area contributed by atoms with Crippen LogP contribution in [0.4, 0.5) is 5.69 Å². The van der Waals surface area contributed by atoms with Crippen molar-refractivity contribution in [1.29, 1.82) is 0 Å². The number of rotatable bonds is 7. The maximum absolute atomic E-state index is 12.7. The maximum atomic E-state index is 12.7. The number of methoxy groups -OCH3 is 3. The van der Waals surface area contributed by atoms with Crippen molar-refractivity contribution in [1.82, 2.24) is 4.90 Å². The summed E-state index contributed by atoms with van der Waals surface area (Å²) in [6.45, 7) is 5.36. The van der Waals surface area contributed by atoms with Crippen LogP contribution in [-0.2, 0) is 11.2 Å². The van der Waals surface area contributed by atoms with Crippen molar-refractivity contribution in [3.05, 3.63) is 47.5 Å². The summed E-state index contributed by atoms with van der Waals surface area (Å²) < 4.78 is 16.2. The number of anilines is 1. The highest BCUT2D eigenvalue weighted by molar-refractivity contribution is 5.77. The third-order valence-corrected chi connectivity index (χ3v) is 5.44. The molecular formula is C23H30N2O4. The molecule has 0 radical (unpaired) electrons. The Morgan fingerprint density at radius 3 is 2.10 bits per heavy atom. The molecule has 3 rings (SSSR count). The lowest BCUT2D eigenvalue weighted by molar-refractivity contribution is -0.131. The van der Waals surface area contributed by atoms with E-state index in [0.717, 1.165) is 31.7 Å². The van der Waals surface area contributed by atoms with Gasteiger partial charge in [0.1, 0.15) is 0 Å². The molecule has 1 aliphatic heterocycles. The minimum Gasteiger partial charge on any atom is -0.493 e. The summed E-state index contributed by atoms with van der Waals surface area (Å²) in [6, 6.07) is 12.2. The summed E-state index contributed by atoms with van der Waals surface area (Å²) in [5.41, 5.74) is 3.53. The van der Waals surface area contributed by atoms with E-state index < -0.39 is 0 Å². The minimum atomic E-state index is 0.184. The average Bonchev–Trinajstić information content (AvgIpc) is 2.77. The number of para-hydroxylation sites is 1. The number of carbonyl (C=O) groups is 1. The second kappa shape index (κ2) is 9.54. The van der Waals surface area contributed by atoms with Crippen LogP contribution in [0.15, 0.2) is 36.4 Å². The third-order valence-electron chi connectivity index (χ3n) is 5.44. The van der Waals surface area contributed by atoms with E-state index in [9.17, 15) is 4.79 Å². The highest BCUT2D eigenvalue weighted by Crippen LogP contribution is 2.38. The standard InChI is InChI=1S/C23H30N2O4/c1-17-7-5-6-8-19(17)24-11-13-25(14-12-24)22(26)10-9-18-15-20(27-2)23(29-4)21(16-18)28-3/h5-8,15-16H,9-14H2,1-4H3. The molecule has 1 fully saturated rings. The fourth-order valence-corrected chi connectivity index (χ4v) is 3.80. The predicted molar refractivity (Wildman–Crippen MR) is 114 cm³/mol. The molecular weight excluding hydrogens is 368 g/mol. The quantitative estimate of drug-likeness (QED) is 0.716. The van der Waals surface area contributed by atoms with Crippen molar-refractivity contribution in [2.45, 2.75) is 19.8 Å². The Morgan fingerprint density at radius 1 is 0.931 bits per heavy atom.